The molecule has 17 heavy (non-hydrogen) atoms. The van der Waals surface area contributed by atoms with E-state index in [1.54, 1.807) is 7.05 Å². The summed E-state index contributed by atoms with van der Waals surface area (Å²) in [7, 11) is 1.81. The van der Waals surface area contributed by atoms with Crippen LogP contribution >= 0.6 is 0 Å². The molecular weight excluding hydrogens is 216 g/mol. The van der Waals surface area contributed by atoms with Gasteiger partial charge in [0.1, 0.15) is 5.54 Å². The van der Waals surface area contributed by atoms with Crippen molar-refractivity contribution in [3.63, 3.8) is 0 Å². The molecule has 3 unspecified atom stereocenters. The first kappa shape index (κ1) is 14.4. The van der Waals surface area contributed by atoms with Crippen LogP contribution in [0.5, 0.6) is 0 Å². The quantitative estimate of drug-likeness (QED) is 0.770. The smallest absolute Gasteiger partial charge is 0.106 e. The molecule has 0 bridgehead atoms. The predicted molar refractivity (Wildman–Crippen MR) is 66.7 cm³/mol. The maximum Gasteiger partial charge on any atom is 0.106 e. The van der Waals surface area contributed by atoms with Crippen LogP contribution in [0, 0.1) is 11.3 Å². The first-order valence-electron chi connectivity index (χ1n) is 6.43. The van der Waals surface area contributed by atoms with E-state index >= 15 is 0 Å². The van der Waals surface area contributed by atoms with Gasteiger partial charge in [0, 0.05) is 13.0 Å². The summed E-state index contributed by atoms with van der Waals surface area (Å²) in [6.45, 7) is 5.40. The van der Waals surface area contributed by atoms with E-state index in [0.717, 1.165) is 19.4 Å². The van der Waals surface area contributed by atoms with Crippen LogP contribution in [0.4, 0.5) is 0 Å². The maximum absolute atomic E-state index is 9.06. The van der Waals surface area contributed by atoms with Gasteiger partial charge < -0.3 is 14.8 Å². The topological polar surface area (TPSA) is 54.3 Å². The molecule has 4 heteroatoms. The summed E-state index contributed by atoms with van der Waals surface area (Å²) < 4.78 is 11.4. The van der Waals surface area contributed by atoms with Crippen molar-refractivity contribution in [1.29, 1.82) is 5.26 Å². The Morgan fingerprint density at radius 1 is 1.59 bits per heavy atom. The summed E-state index contributed by atoms with van der Waals surface area (Å²) in [5.41, 5.74) is -0.507. The Balaban J connectivity index is 2.24. The normalized spacial score (nSPS) is 25.9. The van der Waals surface area contributed by atoms with Gasteiger partial charge in [0.15, 0.2) is 0 Å². The van der Waals surface area contributed by atoms with Crippen molar-refractivity contribution < 1.29 is 9.47 Å². The second kappa shape index (κ2) is 6.95. The lowest BCUT2D eigenvalue weighted by atomic mass is 9.97. The van der Waals surface area contributed by atoms with Crippen molar-refractivity contribution >= 4 is 0 Å². The number of ether oxygens (including phenoxy) is 2. The Hall–Kier alpha value is -0.630. The molecule has 1 aliphatic rings. The first-order chi connectivity index (χ1) is 8.09. The van der Waals surface area contributed by atoms with Gasteiger partial charge >= 0.3 is 0 Å². The van der Waals surface area contributed by atoms with Crippen molar-refractivity contribution in [2.24, 2.45) is 0 Å². The van der Waals surface area contributed by atoms with Gasteiger partial charge in [-0.25, -0.2) is 0 Å². The Morgan fingerprint density at radius 3 is 2.88 bits per heavy atom. The van der Waals surface area contributed by atoms with Crippen LogP contribution in [0.3, 0.4) is 0 Å². The van der Waals surface area contributed by atoms with Crippen LogP contribution in [0.1, 0.15) is 39.5 Å². The molecule has 1 saturated heterocycles. The minimum atomic E-state index is -0.507. The second-order valence-electron chi connectivity index (χ2n) is 5.03. The van der Waals surface area contributed by atoms with E-state index in [9.17, 15) is 0 Å². The zero-order valence-electron chi connectivity index (χ0n) is 11.2. The van der Waals surface area contributed by atoms with Gasteiger partial charge in [-0.1, -0.05) is 0 Å². The predicted octanol–water partition coefficient (Wildman–Crippen LogP) is 1.85. The van der Waals surface area contributed by atoms with Gasteiger partial charge in [0.05, 0.1) is 24.9 Å². The molecule has 4 nitrogen and oxygen atoms in total. The summed E-state index contributed by atoms with van der Waals surface area (Å²) in [4.78, 5) is 0. The maximum atomic E-state index is 9.06. The number of nitrogens with zero attached hydrogens (tertiary/aromatic N) is 1. The fourth-order valence-electron chi connectivity index (χ4n) is 2.05. The third kappa shape index (κ3) is 5.03. The average molecular weight is 240 g/mol. The molecule has 0 aromatic carbocycles. The van der Waals surface area contributed by atoms with E-state index in [4.69, 9.17) is 14.7 Å². The number of hydrogen-bond donors (Lipinski definition) is 1. The van der Waals surface area contributed by atoms with Gasteiger partial charge in [-0.3, -0.25) is 0 Å². The highest BCUT2D eigenvalue weighted by molar-refractivity contribution is 5.03. The molecule has 3 atom stereocenters. The van der Waals surface area contributed by atoms with E-state index in [-0.39, 0.29) is 12.2 Å². The van der Waals surface area contributed by atoms with Gasteiger partial charge in [-0.2, -0.15) is 5.26 Å². The summed E-state index contributed by atoms with van der Waals surface area (Å²) in [5, 5.41) is 12.1. The van der Waals surface area contributed by atoms with Crippen LogP contribution in [0.2, 0.25) is 0 Å². The molecule has 1 heterocycles. The number of nitrogens with one attached hydrogen (secondary N) is 1. The molecule has 1 aliphatic heterocycles. The Bertz CT molecular complexity index is 259. The van der Waals surface area contributed by atoms with Gasteiger partial charge in [0.2, 0.25) is 0 Å². The minimum Gasteiger partial charge on any atom is -0.376 e. The van der Waals surface area contributed by atoms with Gasteiger partial charge in [-0.05, 0) is 40.2 Å². The third-order valence-electron chi connectivity index (χ3n) is 3.33. The van der Waals surface area contributed by atoms with E-state index < -0.39 is 5.54 Å². The largest absolute Gasteiger partial charge is 0.376 e. The zero-order chi connectivity index (χ0) is 12.7. The first-order valence-corrected chi connectivity index (χ1v) is 6.43. The highest BCUT2D eigenvalue weighted by atomic mass is 16.5. The summed E-state index contributed by atoms with van der Waals surface area (Å²) >= 11 is 0. The Morgan fingerprint density at radius 2 is 2.35 bits per heavy atom. The Labute approximate surface area is 104 Å². The van der Waals surface area contributed by atoms with Crippen molar-refractivity contribution in [2.45, 2.75) is 57.3 Å². The molecule has 0 radical (unpaired) electrons. The zero-order valence-corrected chi connectivity index (χ0v) is 11.2. The molecule has 0 saturated carbocycles. The van der Waals surface area contributed by atoms with Crippen LogP contribution in [0.15, 0.2) is 0 Å². The van der Waals surface area contributed by atoms with Gasteiger partial charge in [0.25, 0.3) is 0 Å². The SMILES string of the molecule is CNC(C)(C#N)CC(C)OCC1CCCCO1. The lowest BCUT2D eigenvalue weighted by Crippen LogP contribution is -2.41. The molecule has 1 N–H and O–H groups in total. The van der Waals surface area contributed by atoms with Crippen molar-refractivity contribution in [3.05, 3.63) is 0 Å². The standard InChI is InChI=1S/C13H24N2O2/c1-11(8-13(2,10-14)15-3)17-9-12-6-4-5-7-16-12/h11-12,15H,4-9H2,1-3H3. The van der Waals surface area contributed by atoms with E-state index in [1.165, 1.54) is 6.42 Å². The molecule has 0 amide bonds. The number of nitriles is 1. The number of hydrogen-bond acceptors (Lipinski definition) is 4. The van der Waals surface area contributed by atoms with E-state index in [0.29, 0.717) is 13.0 Å². The molecule has 1 rings (SSSR count). The van der Waals surface area contributed by atoms with Crippen LogP contribution in [-0.2, 0) is 9.47 Å². The van der Waals surface area contributed by atoms with Crippen molar-refractivity contribution in [3.8, 4) is 6.07 Å². The van der Waals surface area contributed by atoms with Crippen molar-refractivity contribution in [2.75, 3.05) is 20.3 Å². The molecule has 0 aromatic rings. The molecular formula is C13H24N2O2. The summed E-state index contributed by atoms with van der Waals surface area (Å²) in [5.74, 6) is 0. The van der Waals surface area contributed by atoms with E-state index in [1.807, 2.05) is 13.8 Å². The summed E-state index contributed by atoms with van der Waals surface area (Å²) in [6, 6.07) is 2.27. The second-order valence-corrected chi connectivity index (χ2v) is 5.03. The van der Waals surface area contributed by atoms with Crippen LogP contribution in [-0.4, -0.2) is 38.0 Å². The van der Waals surface area contributed by atoms with Crippen molar-refractivity contribution in [1.82, 2.24) is 5.32 Å². The highest BCUT2D eigenvalue weighted by Gasteiger charge is 2.25. The Kier molecular flexibility index (Phi) is 5.90. The van der Waals surface area contributed by atoms with Crippen LogP contribution < -0.4 is 5.32 Å². The third-order valence-corrected chi connectivity index (χ3v) is 3.33. The van der Waals surface area contributed by atoms with E-state index in [2.05, 4.69) is 11.4 Å². The molecule has 0 aromatic heterocycles. The van der Waals surface area contributed by atoms with Gasteiger partial charge in [-0.15, -0.1) is 0 Å². The van der Waals surface area contributed by atoms with Crippen LogP contribution in [0.25, 0.3) is 0 Å². The average Bonchev–Trinajstić information content (AvgIpc) is 2.37. The molecule has 1 fully saturated rings. The summed E-state index contributed by atoms with van der Waals surface area (Å²) in [6.07, 6.45) is 4.49. The fraction of sp³-hybridized carbons (Fsp3) is 0.923. The molecule has 0 spiro atoms. The lowest BCUT2D eigenvalue weighted by molar-refractivity contribution is -0.0630. The fourth-order valence-corrected chi connectivity index (χ4v) is 2.05. The lowest BCUT2D eigenvalue weighted by Gasteiger charge is -2.27. The minimum absolute atomic E-state index is 0.0672. The monoisotopic (exact) mass is 240 g/mol. The highest BCUT2D eigenvalue weighted by Crippen LogP contribution is 2.16. The molecule has 0 aliphatic carbocycles. The number of rotatable bonds is 6. The molecule has 98 valence electrons.